The van der Waals surface area contributed by atoms with Crippen LogP contribution in [0.4, 0.5) is 0 Å². The summed E-state index contributed by atoms with van der Waals surface area (Å²) in [6.45, 7) is 0. The minimum absolute atomic E-state index is 0.188. The summed E-state index contributed by atoms with van der Waals surface area (Å²) >= 11 is 6.67. The van der Waals surface area contributed by atoms with Crippen LogP contribution in [-0.2, 0) is 14.3 Å². The van der Waals surface area contributed by atoms with Crippen molar-refractivity contribution in [1.82, 2.24) is 15.5 Å². The first kappa shape index (κ1) is 19.5. The van der Waals surface area contributed by atoms with Gasteiger partial charge >= 0.3 is 5.97 Å². The van der Waals surface area contributed by atoms with Crippen molar-refractivity contribution < 1.29 is 19.1 Å². The first-order valence-corrected chi connectivity index (χ1v) is 8.90. The van der Waals surface area contributed by atoms with Gasteiger partial charge in [0, 0.05) is 12.1 Å². The Labute approximate surface area is 168 Å². The number of halogens is 1. The number of nitrogens with one attached hydrogen (secondary N) is 1. The Morgan fingerprint density at radius 1 is 1.21 bits per heavy atom. The van der Waals surface area contributed by atoms with Crippen LogP contribution >= 0.6 is 23.4 Å². The number of carbonyl (C=O) groups excluding carboxylic acids is 2. The molecule has 1 amide bonds. The molecule has 0 radical (unpaired) electrons. The van der Waals surface area contributed by atoms with Crippen LogP contribution in [0.15, 0.2) is 57.6 Å². The van der Waals surface area contributed by atoms with E-state index in [0.29, 0.717) is 11.6 Å². The lowest BCUT2D eigenvalue weighted by Crippen LogP contribution is -2.19. The average Bonchev–Trinajstić information content (AvgIpc) is 3.04. The fourth-order valence-corrected chi connectivity index (χ4v) is 2.73. The Hall–Kier alpha value is -3.24. The molecule has 2 aromatic rings. The number of carbonyl (C=O) groups is 2. The fraction of sp³-hybridized carbons (Fsp3) is 0.0588. The van der Waals surface area contributed by atoms with Gasteiger partial charge in [0.05, 0.1) is 18.2 Å². The van der Waals surface area contributed by atoms with Crippen molar-refractivity contribution in [2.45, 2.75) is 0 Å². The number of rotatable bonds is 5. The van der Waals surface area contributed by atoms with Gasteiger partial charge in [-0.3, -0.25) is 10.1 Å². The normalized spacial score (nSPS) is 16.6. The number of hydrogen-bond acceptors (Lipinski definition) is 9. The van der Waals surface area contributed by atoms with Crippen molar-refractivity contribution in [3.8, 4) is 11.6 Å². The molecular weight excluding hydrogens is 406 g/mol. The summed E-state index contributed by atoms with van der Waals surface area (Å²) < 4.78 is 10.0. The van der Waals surface area contributed by atoms with E-state index in [4.69, 9.17) is 16.3 Å². The molecule has 0 bridgehead atoms. The van der Waals surface area contributed by atoms with E-state index in [1.54, 1.807) is 36.4 Å². The number of ether oxygens (including phenoxy) is 2. The molecule has 2 heterocycles. The molecule has 1 aromatic carbocycles. The van der Waals surface area contributed by atoms with Crippen molar-refractivity contribution in [2.24, 2.45) is 10.2 Å². The second-order valence-electron chi connectivity index (χ2n) is 5.10. The summed E-state index contributed by atoms with van der Waals surface area (Å²) in [5.41, 5.74) is 0.763. The number of amides is 1. The molecule has 0 saturated carbocycles. The maximum atomic E-state index is 11.7. The van der Waals surface area contributed by atoms with Crippen LogP contribution in [0.1, 0.15) is 5.56 Å². The van der Waals surface area contributed by atoms with Crippen LogP contribution in [0.5, 0.6) is 11.6 Å². The second-order valence-corrected chi connectivity index (χ2v) is 6.52. The van der Waals surface area contributed by atoms with Crippen LogP contribution in [0.3, 0.4) is 0 Å². The molecule has 0 aliphatic carbocycles. The summed E-state index contributed by atoms with van der Waals surface area (Å²) in [6.07, 6.45) is 2.60. The van der Waals surface area contributed by atoms with Crippen molar-refractivity contribution in [1.29, 1.82) is 0 Å². The minimum atomic E-state index is -0.616. The van der Waals surface area contributed by atoms with Crippen molar-refractivity contribution in [3.63, 3.8) is 0 Å². The quantitative estimate of drug-likeness (QED) is 0.344. The first-order valence-electron chi connectivity index (χ1n) is 7.70. The lowest BCUT2D eigenvalue weighted by atomic mass is 10.2. The number of methoxy groups -OCH3 is 1. The van der Waals surface area contributed by atoms with Crippen LogP contribution < -0.4 is 10.1 Å². The molecule has 0 atom stereocenters. The van der Waals surface area contributed by atoms with E-state index in [1.165, 1.54) is 13.3 Å². The molecule has 1 aliphatic heterocycles. The lowest BCUT2D eigenvalue weighted by molar-refractivity contribution is -0.135. The highest BCUT2D eigenvalue weighted by atomic mass is 35.5. The molecule has 0 spiro atoms. The smallest absolute Gasteiger partial charge is 0.331 e. The molecule has 1 fully saturated rings. The van der Waals surface area contributed by atoms with Gasteiger partial charge < -0.3 is 9.47 Å². The Morgan fingerprint density at radius 2 is 2.00 bits per heavy atom. The molecule has 1 saturated heterocycles. The Balaban J connectivity index is 1.59. The molecular formula is C17H12ClN5O4S. The Bertz CT molecular complexity index is 974. The Kier molecular flexibility index (Phi) is 6.35. The van der Waals surface area contributed by atoms with Gasteiger partial charge in [0.15, 0.2) is 10.3 Å². The topological polar surface area (TPSA) is 115 Å². The van der Waals surface area contributed by atoms with E-state index in [9.17, 15) is 9.59 Å². The number of benzene rings is 1. The van der Waals surface area contributed by atoms with E-state index in [0.717, 1.165) is 23.4 Å². The second kappa shape index (κ2) is 9.11. The van der Waals surface area contributed by atoms with Gasteiger partial charge in [-0.15, -0.1) is 15.3 Å². The molecule has 142 valence electrons. The highest BCUT2D eigenvalue weighted by Crippen LogP contribution is 2.23. The number of aromatic nitrogens is 2. The zero-order valence-corrected chi connectivity index (χ0v) is 15.9. The van der Waals surface area contributed by atoms with Gasteiger partial charge in [0.25, 0.3) is 5.91 Å². The van der Waals surface area contributed by atoms with Crippen LogP contribution in [0, 0.1) is 0 Å². The van der Waals surface area contributed by atoms with Gasteiger partial charge in [-0.2, -0.15) is 5.10 Å². The van der Waals surface area contributed by atoms with Gasteiger partial charge in [0.1, 0.15) is 5.75 Å². The van der Waals surface area contributed by atoms with Crippen molar-refractivity contribution >= 4 is 46.6 Å². The van der Waals surface area contributed by atoms with E-state index in [1.807, 2.05) is 0 Å². The highest BCUT2D eigenvalue weighted by molar-refractivity contribution is 8.18. The van der Waals surface area contributed by atoms with E-state index in [-0.39, 0.29) is 15.2 Å². The summed E-state index contributed by atoms with van der Waals surface area (Å²) in [5.74, 6) is -0.163. The van der Waals surface area contributed by atoms with Crippen molar-refractivity contribution in [3.05, 3.63) is 58.1 Å². The predicted molar refractivity (Wildman–Crippen MR) is 104 cm³/mol. The molecule has 9 nitrogen and oxygen atoms in total. The maximum Gasteiger partial charge on any atom is 0.331 e. The summed E-state index contributed by atoms with van der Waals surface area (Å²) in [4.78, 5) is 23.1. The zero-order valence-electron chi connectivity index (χ0n) is 14.3. The largest absolute Gasteiger partial charge is 0.466 e. The number of nitrogens with zero attached hydrogens (tertiary/aromatic N) is 4. The predicted octanol–water partition coefficient (Wildman–Crippen LogP) is 2.53. The number of esters is 1. The van der Waals surface area contributed by atoms with E-state index >= 15 is 0 Å². The number of hydrogen-bond donors (Lipinski definition) is 1. The highest BCUT2D eigenvalue weighted by Gasteiger charge is 2.24. The van der Waals surface area contributed by atoms with Crippen LogP contribution in [0.2, 0.25) is 5.15 Å². The number of thioether (sulfide) groups is 1. The maximum absolute atomic E-state index is 11.7. The summed E-state index contributed by atoms with van der Waals surface area (Å²) in [7, 11) is 1.23. The molecule has 28 heavy (non-hydrogen) atoms. The standard InChI is InChI=1S/C17H12ClN5O4S/c1-26-15(24)8-12-16(25)20-17(28-12)23-19-9-10-2-4-11(5-3-10)27-14-7-6-13(18)21-22-14/h2-9H,1H3,(H,20,23,25)/b12-8+,19-9?. The van der Waals surface area contributed by atoms with Crippen molar-refractivity contribution in [2.75, 3.05) is 7.11 Å². The molecule has 1 N–H and O–H groups in total. The van der Waals surface area contributed by atoms with E-state index < -0.39 is 11.9 Å². The van der Waals surface area contributed by atoms with Gasteiger partial charge in [0.2, 0.25) is 5.88 Å². The monoisotopic (exact) mass is 417 g/mol. The van der Waals surface area contributed by atoms with Gasteiger partial charge in [-0.05, 0) is 47.7 Å². The van der Waals surface area contributed by atoms with Crippen LogP contribution in [0.25, 0.3) is 0 Å². The van der Waals surface area contributed by atoms with Gasteiger partial charge in [-0.25, -0.2) is 4.79 Å². The molecule has 1 aromatic heterocycles. The molecule has 1 aliphatic rings. The number of amidine groups is 1. The molecule has 3 rings (SSSR count). The third-order valence-electron chi connectivity index (χ3n) is 3.17. The van der Waals surface area contributed by atoms with Crippen LogP contribution in [-0.4, -0.2) is 40.6 Å². The average molecular weight is 418 g/mol. The SMILES string of the molecule is COC(=O)/C=C1/S/C(=N\N=Cc2ccc(Oc3ccc(Cl)nn3)cc2)NC1=O. The summed E-state index contributed by atoms with van der Waals surface area (Å²) in [5, 5.41) is 18.4. The first-order chi connectivity index (χ1) is 13.5. The third kappa shape index (κ3) is 5.38. The third-order valence-corrected chi connectivity index (χ3v) is 4.27. The molecule has 11 heteroatoms. The zero-order chi connectivity index (χ0) is 19.9. The Morgan fingerprint density at radius 3 is 2.68 bits per heavy atom. The van der Waals surface area contributed by atoms with Gasteiger partial charge in [-0.1, -0.05) is 11.6 Å². The summed E-state index contributed by atoms with van der Waals surface area (Å²) in [6, 6.07) is 10.2. The van der Waals surface area contributed by atoms with E-state index in [2.05, 4.69) is 30.5 Å². The minimum Gasteiger partial charge on any atom is -0.466 e. The lowest BCUT2D eigenvalue weighted by Gasteiger charge is -2.03. The molecule has 0 unspecified atom stereocenters. The fourth-order valence-electron chi connectivity index (χ4n) is 1.89.